The van der Waals surface area contributed by atoms with Gasteiger partial charge >= 0.3 is 0 Å². The van der Waals surface area contributed by atoms with Crippen LogP contribution in [0.1, 0.15) is 44.6 Å². The molecule has 1 fully saturated rings. The molecule has 3 amide bonds. The number of aliphatic hydroxyl groups excluding tert-OH is 1. The van der Waals surface area contributed by atoms with Gasteiger partial charge in [0, 0.05) is 18.8 Å². The van der Waals surface area contributed by atoms with E-state index in [0.717, 1.165) is 21.7 Å². The van der Waals surface area contributed by atoms with E-state index in [-0.39, 0.29) is 32.1 Å². The van der Waals surface area contributed by atoms with E-state index in [1.165, 1.54) is 4.90 Å². The number of alkyl halides is 1. The molecule has 0 aliphatic carbocycles. The van der Waals surface area contributed by atoms with Crippen LogP contribution in [-0.4, -0.2) is 83.6 Å². The Hall–Kier alpha value is -2.57. The van der Waals surface area contributed by atoms with Crippen molar-refractivity contribution >= 4 is 40.7 Å². The quantitative estimate of drug-likeness (QED) is 0.182. The number of hydrogen-bond acceptors (Lipinski definition) is 8. The number of nitrogens with one attached hydrogen (secondary N) is 3. The lowest BCUT2D eigenvalue weighted by Crippen LogP contribution is -2.58. The molecule has 4 atom stereocenters. The molecule has 39 heavy (non-hydrogen) atoms. The fraction of sp³-hybridized carbons (Fsp3) is 0.556. The summed E-state index contributed by atoms with van der Waals surface area (Å²) in [7, 11) is 1.73. The van der Waals surface area contributed by atoms with Crippen molar-refractivity contribution < 1.29 is 24.2 Å². The third-order valence-electron chi connectivity index (χ3n) is 6.56. The Bertz CT molecular complexity index is 1140. The van der Waals surface area contributed by atoms with Crippen LogP contribution in [0.2, 0.25) is 0 Å². The molecule has 1 aliphatic rings. The zero-order chi connectivity index (χ0) is 28.7. The fourth-order valence-corrected chi connectivity index (χ4v) is 5.43. The van der Waals surface area contributed by atoms with Crippen LogP contribution in [-0.2, 0) is 19.1 Å². The number of β-amino-alcohol motifs (C(OH)–C–C–N with tert-alkyl or cyclic N) is 1. The second-order valence-corrected chi connectivity index (χ2v) is 11.9. The van der Waals surface area contributed by atoms with E-state index in [0.29, 0.717) is 0 Å². The van der Waals surface area contributed by atoms with Crippen LogP contribution < -0.4 is 16.0 Å². The molecule has 1 aliphatic heterocycles. The highest BCUT2D eigenvalue weighted by molar-refractivity contribution is 7.13. The number of ether oxygens (including phenoxy) is 1. The van der Waals surface area contributed by atoms with E-state index in [4.69, 9.17) is 16.3 Å². The van der Waals surface area contributed by atoms with Crippen molar-refractivity contribution in [2.24, 2.45) is 5.41 Å². The van der Waals surface area contributed by atoms with E-state index in [2.05, 4.69) is 20.9 Å². The molecule has 2 heterocycles. The first kappa shape index (κ1) is 31.0. The molecule has 0 saturated carbocycles. The normalized spacial score (nSPS) is 19.0. The number of aryl methyl sites for hydroxylation is 1. The van der Waals surface area contributed by atoms with Gasteiger partial charge in [-0.25, -0.2) is 4.98 Å². The zero-order valence-electron chi connectivity index (χ0n) is 23.0. The molecule has 1 saturated heterocycles. The van der Waals surface area contributed by atoms with Crippen LogP contribution in [0, 0.1) is 12.3 Å². The maximum Gasteiger partial charge on any atom is 0.246 e. The molecule has 1 unspecified atom stereocenters. The number of nitrogens with zero attached hydrogens (tertiary/aromatic N) is 2. The van der Waals surface area contributed by atoms with Gasteiger partial charge in [0.2, 0.25) is 17.7 Å². The first-order valence-electron chi connectivity index (χ1n) is 12.9. The molecular weight excluding hydrogens is 542 g/mol. The number of carbonyl (C=O) groups excluding carboxylic acids is 3. The van der Waals surface area contributed by atoms with Gasteiger partial charge in [-0.05, 0) is 30.5 Å². The summed E-state index contributed by atoms with van der Waals surface area (Å²) in [6.07, 6.45) is -1.27. The van der Waals surface area contributed by atoms with Gasteiger partial charge < -0.3 is 25.4 Å². The monoisotopic (exact) mass is 579 g/mol. The molecule has 0 radical (unpaired) electrons. The van der Waals surface area contributed by atoms with Crippen LogP contribution in [0.4, 0.5) is 0 Å². The lowest BCUT2D eigenvalue weighted by Gasteiger charge is -2.35. The fourth-order valence-electron chi connectivity index (χ4n) is 4.51. The molecule has 4 N–H and O–H groups in total. The molecule has 214 valence electrons. The van der Waals surface area contributed by atoms with Crippen LogP contribution in [0.3, 0.4) is 0 Å². The molecule has 0 spiro atoms. The van der Waals surface area contributed by atoms with Crippen molar-refractivity contribution in [3.63, 3.8) is 0 Å². The zero-order valence-corrected chi connectivity index (χ0v) is 24.6. The number of hydrogen-bond donors (Lipinski definition) is 4. The number of thiazole rings is 1. The van der Waals surface area contributed by atoms with Gasteiger partial charge in [-0.15, -0.1) is 22.9 Å². The molecular formula is C27H38ClN5O5S. The second-order valence-electron chi connectivity index (χ2n) is 10.6. The minimum absolute atomic E-state index is 0.00473. The predicted octanol–water partition coefficient (Wildman–Crippen LogP) is 2.20. The highest BCUT2D eigenvalue weighted by Crippen LogP contribution is 2.29. The lowest BCUT2D eigenvalue weighted by atomic mass is 9.85. The molecule has 1 aromatic heterocycles. The number of benzene rings is 1. The summed E-state index contributed by atoms with van der Waals surface area (Å²) in [6, 6.07) is 6.01. The SMILES string of the molecule is CN[C@H](NC(=O)[C@@H]1C[C@@H](O)CN1C(=O)C(NC(=O)COCCCl)C(C)(C)C)c1ccc(-c2scnc2C)cc1. The van der Waals surface area contributed by atoms with Crippen molar-refractivity contribution in [2.45, 2.75) is 58.5 Å². The van der Waals surface area contributed by atoms with Crippen LogP contribution >= 0.6 is 22.9 Å². The number of amides is 3. The van der Waals surface area contributed by atoms with Gasteiger partial charge in [-0.1, -0.05) is 45.0 Å². The number of halogens is 1. The highest BCUT2D eigenvalue weighted by atomic mass is 35.5. The summed E-state index contributed by atoms with van der Waals surface area (Å²) in [5, 5.41) is 19.2. The summed E-state index contributed by atoms with van der Waals surface area (Å²) in [5.74, 6) is -1.04. The third kappa shape index (κ3) is 7.98. The summed E-state index contributed by atoms with van der Waals surface area (Å²) in [4.78, 5) is 46.3. The maximum atomic E-state index is 13.7. The molecule has 3 rings (SSSR count). The average Bonchev–Trinajstić information content (AvgIpc) is 3.50. The first-order valence-corrected chi connectivity index (χ1v) is 14.3. The Morgan fingerprint density at radius 3 is 2.49 bits per heavy atom. The van der Waals surface area contributed by atoms with E-state index in [1.54, 1.807) is 18.4 Å². The highest BCUT2D eigenvalue weighted by Gasteiger charge is 2.44. The summed E-state index contributed by atoms with van der Waals surface area (Å²) in [6.45, 7) is 7.41. The van der Waals surface area contributed by atoms with E-state index in [1.807, 2.05) is 57.5 Å². The Morgan fingerprint density at radius 1 is 1.23 bits per heavy atom. The number of aromatic nitrogens is 1. The van der Waals surface area contributed by atoms with E-state index < -0.39 is 47.5 Å². The minimum Gasteiger partial charge on any atom is -0.391 e. The standard InChI is InChI=1S/C27H38ClN5O5S/c1-16-22(39-15-30-16)17-6-8-18(9-7-17)24(29-5)32-25(36)20-12-19(34)13-33(20)26(37)23(27(2,3)4)31-21(35)14-38-11-10-28/h6-9,15,19-20,23-24,29,34H,10-14H2,1-5H3,(H,31,35)(H,32,36)/t19-,20+,23?,24-/m1/s1. The van der Waals surface area contributed by atoms with E-state index in [9.17, 15) is 19.5 Å². The maximum absolute atomic E-state index is 13.7. The number of rotatable bonds is 11. The van der Waals surface area contributed by atoms with Crippen molar-refractivity contribution in [3.8, 4) is 10.4 Å². The molecule has 1 aromatic carbocycles. The van der Waals surface area contributed by atoms with E-state index >= 15 is 0 Å². The van der Waals surface area contributed by atoms with Gasteiger partial charge in [0.25, 0.3) is 0 Å². The average molecular weight is 580 g/mol. The van der Waals surface area contributed by atoms with Gasteiger partial charge in [0.15, 0.2) is 0 Å². The van der Waals surface area contributed by atoms with Gasteiger partial charge in [-0.2, -0.15) is 0 Å². The lowest BCUT2D eigenvalue weighted by molar-refractivity contribution is -0.144. The number of likely N-dealkylation sites (tertiary alicyclic amines) is 1. The minimum atomic E-state index is -0.923. The molecule has 12 heteroatoms. The van der Waals surface area contributed by atoms with Crippen molar-refractivity contribution in [3.05, 3.63) is 41.0 Å². The first-order chi connectivity index (χ1) is 18.5. The summed E-state index contributed by atoms with van der Waals surface area (Å²) >= 11 is 7.16. The summed E-state index contributed by atoms with van der Waals surface area (Å²) < 4.78 is 5.19. The molecule has 10 nitrogen and oxygen atoms in total. The largest absolute Gasteiger partial charge is 0.391 e. The third-order valence-corrected chi connectivity index (χ3v) is 7.70. The predicted molar refractivity (Wildman–Crippen MR) is 151 cm³/mol. The van der Waals surface area contributed by atoms with Gasteiger partial charge in [0.1, 0.15) is 24.9 Å². The Balaban J connectivity index is 1.73. The van der Waals surface area contributed by atoms with Crippen molar-refractivity contribution in [2.75, 3.05) is 32.7 Å². The van der Waals surface area contributed by atoms with Crippen LogP contribution in [0.25, 0.3) is 10.4 Å². The van der Waals surface area contributed by atoms with Crippen LogP contribution in [0.15, 0.2) is 29.8 Å². The number of aliphatic hydroxyl groups is 1. The second kappa shape index (κ2) is 13.7. The Morgan fingerprint density at radius 2 is 1.92 bits per heavy atom. The Kier molecular flexibility index (Phi) is 10.9. The van der Waals surface area contributed by atoms with Gasteiger partial charge in [0.05, 0.1) is 28.8 Å². The Labute approximate surface area is 238 Å². The smallest absolute Gasteiger partial charge is 0.246 e. The van der Waals surface area contributed by atoms with Crippen LogP contribution in [0.5, 0.6) is 0 Å². The van der Waals surface area contributed by atoms with Crippen molar-refractivity contribution in [1.29, 1.82) is 0 Å². The summed E-state index contributed by atoms with van der Waals surface area (Å²) in [5.41, 5.74) is 4.00. The molecule has 0 bridgehead atoms. The van der Waals surface area contributed by atoms with Crippen molar-refractivity contribution in [1.82, 2.24) is 25.8 Å². The number of carbonyl (C=O) groups is 3. The molecule has 2 aromatic rings. The van der Waals surface area contributed by atoms with Gasteiger partial charge in [-0.3, -0.25) is 19.7 Å². The topological polar surface area (TPSA) is 133 Å².